The molecule has 3 nitrogen and oxygen atoms in total. The van der Waals surface area contributed by atoms with Crippen LogP contribution in [0.1, 0.15) is 25.7 Å². The molecule has 1 saturated carbocycles. The summed E-state index contributed by atoms with van der Waals surface area (Å²) in [7, 11) is 0. The minimum absolute atomic E-state index is 0.0682. The highest BCUT2D eigenvalue weighted by molar-refractivity contribution is 9.09. The molecule has 14 heavy (non-hydrogen) atoms. The zero-order valence-electron chi connectivity index (χ0n) is 8.04. The van der Waals surface area contributed by atoms with Crippen LogP contribution in [0.3, 0.4) is 0 Å². The first-order valence-electron chi connectivity index (χ1n) is 5.17. The van der Waals surface area contributed by atoms with Crippen LogP contribution >= 0.6 is 15.9 Å². The molecule has 78 valence electrons. The fourth-order valence-corrected chi connectivity index (χ4v) is 2.41. The van der Waals surface area contributed by atoms with Gasteiger partial charge in [-0.05, 0) is 19.3 Å². The lowest BCUT2D eigenvalue weighted by Gasteiger charge is -2.15. The zero-order chi connectivity index (χ0) is 10.1. The summed E-state index contributed by atoms with van der Waals surface area (Å²) in [5.74, 6) is 0.301. The number of rotatable bonds is 5. The molecule has 2 unspecified atom stereocenters. The van der Waals surface area contributed by atoms with E-state index in [4.69, 9.17) is 0 Å². The van der Waals surface area contributed by atoms with Crippen LogP contribution < -0.4 is 0 Å². The Labute approximate surface area is 92.0 Å². The van der Waals surface area contributed by atoms with Crippen molar-refractivity contribution in [3.8, 4) is 0 Å². The van der Waals surface area contributed by atoms with E-state index < -0.39 is 0 Å². The third-order valence-corrected chi connectivity index (χ3v) is 3.53. The summed E-state index contributed by atoms with van der Waals surface area (Å²) < 4.78 is 0. The lowest BCUT2D eigenvalue weighted by atomic mass is 10.2. The Morgan fingerprint density at radius 3 is 2.36 bits per heavy atom. The van der Waals surface area contributed by atoms with Crippen molar-refractivity contribution in [1.29, 1.82) is 0 Å². The second kappa shape index (κ2) is 4.01. The van der Waals surface area contributed by atoms with Crippen molar-refractivity contribution < 1.29 is 9.59 Å². The van der Waals surface area contributed by atoms with Crippen LogP contribution in [0.25, 0.3) is 0 Å². The van der Waals surface area contributed by atoms with E-state index in [2.05, 4.69) is 15.9 Å². The number of amides is 2. The number of alkyl halides is 1. The molecule has 0 aromatic rings. The third kappa shape index (κ3) is 1.72. The Morgan fingerprint density at radius 2 is 1.79 bits per heavy atom. The van der Waals surface area contributed by atoms with Gasteiger partial charge in [0.25, 0.3) is 0 Å². The van der Waals surface area contributed by atoms with Crippen molar-refractivity contribution in [3.05, 3.63) is 0 Å². The Hall–Kier alpha value is -0.380. The van der Waals surface area contributed by atoms with Crippen LogP contribution in [0, 0.1) is 11.8 Å². The Morgan fingerprint density at radius 1 is 1.14 bits per heavy atom. The van der Waals surface area contributed by atoms with Gasteiger partial charge in [-0.2, -0.15) is 0 Å². The molecule has 1 heterocycles. The second-order valence-electron chi connectivity index (χ2n) is 4.03. The van der Waals surface area contributed by atoms with Crippen molar-refractivity contribution >= 4 is 27.7 Å². The van der Waals surface area contributed by atoms with E-state index in [-0.39, 0.29) is 23.7 Å². The van der Waals surface area contributed by atoms with Crippen molar-refractivity contribution in [2.75, 3.05) is 11.9 Å². The number of fused-ring (bicyclic) bond motifs is 1. The lowest BCUT2D eigenvalue weighted by molar-refractivity contribution is -0.141. The van der Waals surface area contributed by atoms with Gasteiger partial charge in [0.2, 0.25) is 11.8 Å². The summed E-state index contributed by atoms with van der Waals surface area (Å²) in [6, 6.07) is 0. The normalized spacial score (nSPS) is 29.6. The predicted octanol–water partition coefficient (Wildman–Crippen LogP) is 1.56. The van der Waals surface area contributed by atoms with Gasteiger partial charge in [-0.3, -0.25) is 14.5 Å². The highest BCUT2D eigenvalue weighted by Crippen LogP contribution is 2.46. The smallest absolute Gasteiger partial charge is 0.233 e. The number of hydrogen-bond acceptors (Lipinski definition) is 2. The highest BCUT2D eigenvalue weighted by atomic mass is 79.9. The first-order valence-corrected chi connectivity index (χ1v) is 6.29. The summed E-state index contributed by atoms with van der Waals surface area (Å²) in [5, 5.41) is 1.00. The van der Waals surface area contributed by atoms with Crippen molar-refractivity contribution in [2.45, 2.75) is 25.7 Å². The monoisotopic (exact) mass is 259 g/mol. The average Bonchev–Trinajstić information content (AvgIpc) is 2.91. The summed E-state index contributed by atoms with van der Waals surface area (Å²) in [6.07, 6.45) is 3.96. The number of carbonyl (C=O) groups excluding carboxylic acids is 2. The van der Waals surface area contributed by atoms with Gasteiger partial charge >= 0.3 is 0 Å². The van der Waals surface area contributed by atoms with Crippen molar-refractivity contribution in [3.63, 3.8) is 0 Å². The maximum Gasteiger partial charge on any atom is 0.233 e. The van der Waals surface area contributed by atoms with E-state index in [1.54, 1.807) is 0 Å². The van der Waals surface area contributed by atoms with Gasteiger partial charge in [-0.25, -0.2) is 0 Å². The lowest BCUT2D eigenvalue weighted by Crippen LogP contribution is -2.33. The summed E-state index contributed by atoms with van der Waals surface area (Å²) in [4.78, 5) is 24.5. The molecule has 0 radical (unpaired) electrons. The quantitative estimate of drug-likeness (QED) is 0.427. The topological polar surface area (TPSA) is 37.4 Å². The molecule has 0 spiro atoms. The van der Waals surface area contributed by atoms with Crippen molar-refractivity contribution in [2.24, 2.45) is 11.8 Å². The molecule has 1 saturated heterocycles. The summed E-state index contributed by atoms with van der Waals surface area (Å²) >= 11 is 3.36. The van der Waals surface area contributed by atoms with Crippen LogP contribution in [-0.4, -0.2) is 28.6 Å². The molecule has 2 amide bonds. The van der Waals surface area contributed by atoms with Gasteiger partial charge in [0, 0.05) is 11.9 Å². The maximum absolute atomic E-state index is 11.5. The number of likely N-dealkylation sites (tertiary alicyclic amines) is 1. The van der Waals surface area contributed by atoms with Crippen molar-refractivity contribution in [1.82, 2.24) is 4.90 Å². The number of piperidine rings is 1. The molecular formula is C10H14BrNO2. The number of imide groups is 1. The minimum Gasteiger partial charge on any atom is -0.282 e. The Bertz CT molecular complexity index is 247. The van der Waals surface area contributed by atoms with Crippen LogP contribution in [0.4, 0.5) is 0 Å². The maximum atomic E-state index is 11.5. The van der Waals surface area contributed by atoms with Crippen LogP contribution in [0.2, 0.25) is 0 Å². The van der Waals surface area contributed by atoms with E-state index in [0.717, 1.165) is 31.0 Å². The van der Waals surface area contributed by atoms with Gasteiger partial charge in [0.05, 0.1) is 11.8 Å². The van der Waals surface area contributed by atoms with Crippen LogP contribution in [0.5, 0.6) is 0 Å². The van der Waals surface area contributed by atoms with Gasteiger partial charge in [-0.1, -0.05) is 22.4 Å². The molecule has 2 atom stereocenters. The van der Waals surface area contributed by atoms with Crippen LogP contribution in [0.15, 0.2) is 0 Å². The van der Waals surface area contributed by atoms with Gasteiger partial charge in [-0.15, -0.1) is 0 Å². The minimum atomic E-state index is 0.0682. The number of carbonyl (C=O) groups is 2. The van der Waals surface area contributed by atoms with E-state index >= 15 is 0 Å². The average molecular weight is 260 g/mol. The SMILES string of the molecule is O=C1C2CC2C(=O)N1CCCCCBr. The Kier molecular flexibility index (Phi) is 2.91. The van der Waals surface area contributed by atoms with Gasteiger partial charge < -0.3 is 0 Å². The summed E-state index contributed by atoms with van der Waals surface area (Å²) in [5.41, 5.74) is 0. The molecule has 1 aliphatic carbocycles. The Balaban J connectivity index is 1.76. The number of hydrogen-bond donors (Lipinski definition) is 0. The zero-order valence-corrected chi connectivity index (χ0v) is 9.63. The number of nitrogens with zero attached hydrogens (tertiary/aromatic N) is 1. The van der Waals surface area contributed by atoms with E-state index in [9.17, 15) is 9.59 Å². The third-order valence-electron chi connectivity index (χ3n) is 2.97. The fraction of sp³-hybridized carbons (Fsp3) is 0.800. The van der Waals surface area contributed by atoms with E-state index in [1.807, 2.05) is 0 Å². The predicted molar refractivity (Wildman–Crippen MR) is 56.0 cm³/mol. The molecule has 1 aliphatic heterocycles. The molecule has 2 fully saturated rings. The molecular weight excluding hydrogens is 246 g/mol. The van der Waals surface area contributed by atoms with Gasteiger partial charge in [0.15, 0.2) is 0 Å². The number of halogens is 1. The van der Waals surface area contributed by atoms with Gasteiger partial charge in [0.1, 0.15) is 0 Å². The first-order chi connectivity index (χ1) is 6.75. The molecule has 0 bridgehead atoms. The number of unbranched alkanes of at least 4 members (excludes halogenated alkanes) is 2. The summed E-state index contributed by atoms with van der Waals surface area (Å²) in [6.45, 7) is 0.637. The highest BCUT2D eigenvalue weighted by Gasteiger charge is 2.58. The van der Waals surface area contributed by atoms with E-state index in [1.165, 1.54) is 4.90 Å². The molecule has 0 N–H and O–H groups in total. The first kappa shape index (κ1) is 10.1. The fourth-order valence-electron chi connectivity index (χ4n) is 2.01. The largest absolute Gasteiger partial charge is 0.282 e. The molecule has 0 aromatic heterocycles. The molecule has 2 aliphatic rings. The molecule has 0 aromatic carbocycles. The second-order valence-corrected chi connectivity index (χ2v) is 4.82. The molecule has 4 heteroatoms. The van der Waals surface area contributed by atoms with Crippen LogP contribution in [-0.2, 0) is 9.59 Å². The van der Waals surface area contributed by atoms with E-state index in [0.29, 0.717) is 6.54 Å². The molecule has 2 rings (SSSR count). The standard InChI is InChI=1S/C10H14BrNO2/c11-4-2-1-3-5-12-9(13)7-6-8(7)10(12)14/h7-8H,1-6H2.